The molecule has 0 radical (unpaired) electrons. The average Bonchev–Trinajstić information content (AvgIpc) is 2.97. The number of nitrogens with zero attached hydrogens (tertiary/aromatic N) is 4. The molecule has 2 aromatic heterocycles. The highest BCUT2D eigenvalue weighted by atomic mass is 32.2. The Hall–Kier alpha value is -2.04. The molecular weight excluding hydrogens is 374 g/mol. The lowest BCUT2D eigenvalue weighted by atomic mass is 10.0. The van der Waals surface area contributed by atoms with Crippen LogP contribution in [0.5, 0.6) is 0 Å². The molecule has 10 heteroatoms. The first-order valence-corrected chi connectivity index (χ1v) is 10.0. The second-order valence-electron chi connectivity index (χ2n) is 6.27. The molecule has 8 nitrogen and oxygen atoms in total. The van der Waals surface area contributed by atoms with E-state index in [1.807, 2.05) is 26.0 Å². The molecule has 1 amide bonds. The molecule has 1 fully saturated rings. The van der Waals surface area contributed by atoms with Crippen LogP contribution in [0, 0.1) is 13.8 Å². The van der Waals surface area contributed by atoms with E-state index >= 15 is 0 Å². The molecule has 2 aliphatic rings. The van der Waals surface area contributed by atoms with Gasteiger partial charge in [0.25, 0.3) is 0 Å². The number of thioether (sulfide) groups is 2. The summed E-state index contributed by atoms with van der Waals surface area (Å²) in [6.07, 6.45) is 0. The van der Waals surface area contributed by atoms with Gasteiger partial charge in [-0.05, 0) is 25.5 Å². The van der Waals surface area contributed by atoms with Crippen molar-refractivity contribution < 1.29 is 14.7 Å². The fourth-order valence-electron chi connectivity index (χ4n) is 3.14. The van der Waals surface area contributed by atoms with Crippen LogP contribution in [0.4, 0.5) is 0 Å². The van der Waals surface area contributed by atoms with Crippen LogP contribution in [0.15, 0.2) is 28.4 Å². The molecule has 0 spiro atoms. The number of amides is 1. The SMILES string of the molecule is Cc1cc(SCC2=C(C(=O)O)N3C(=O)C(N)[C@@H]3SC2)n2nc(C)cc2n1. The van der Waals surface area contributed by atoms with Gasteiger partial charge in [-0.1, -0.05) is 0 Å². The van der Waals surface area contributed by atoms with Crippen molar-refractivity contribution in [3.63, 3.8) is 0 Å². The van der Waals surface area contributed by atoms with Gasteiger partial charge >= 0.3 is 5.97 Å². The highest BCUT2D eigenvalue weighted by Crippen LogP contribution is 2.40. The van der Waals surface area contributed by atoms with Crippen LogP contribution >= 0.6 is 23.5 Å². The quantitative estimate of drug-likeness (QED) is 0.451. The maximum atomic E-state index is 12.0. The molecule has 0 aromatic carbocycles. The molecule has 0 bridgehead atoms. The molecule has 2 aromatic rings. The highest BCUT2D eigenvalue weighted by molar-refractivity contribution is 8.01. The Morgan fingerprint density at radius 3 is 2.92 bits per heavy atom. The maximum Gasteiger partial charge on any atom is 0.352 e. The van der Waals surface area contributed by atoms with Gasteiger partial charge in [-0.25, -0.2) is 14.3 Å². The standard InChI is InChI=1S/C16H17N5O3S2/c1-7-4-11(21-10(18-7)3-8(2)19-21)25-5-9-6-26-15-12(17)14(22)20(15)13(9)16(23)24/h3-4,12,15H,5-6,17H2,1-2H3,(H,23,24)/t12?,15-/m0/s1. The van der Waals surface area contributed by atoms with E-state index in [1.165, 1.54) is 28.4 Å². The zero-order valence-electron chi connectivity index (χ0n) is 14.2. The van der Waals surface area contributed by atoms with E-state index in [-0.39, 0.29) is 17.0 Å². The fraction of sp³-hybridized carbons (Fsp3) is 0.375. The van der Waals surface area contributed by atoms with Crippen LogP contribution in [-0.4, -0.2) is 59.4 Å². The van der Waals surface area contributed by atoms with Crippen molar-refractivity contribution in [1.29, 1.82) is 0 Å². The van der Waals surface area contributed by atoms with Crippen molar-refractivity contribution in [1.82, 2.24) is 19.5 Å². The number of rotatable bonds is 4. The second kappa shape index (κ2) is 6.29. The average molecular weight is 391 g/mol. The Balaban J connectivity index is 1.65. The normalized spacial score (nSPS) is 22.6. The molecule has 1 unspecified atom stereocenters. The number of aliphatic carboxylic acids is 1. The summed E-state index contributed by atoms with van der Waals surface area (Å²) in [6, 6.07) is 3.22. The van der Waals surface area contributed by atoms with Gasteiger partial charge in [0.15, 0.2) is 5.65 Å². The van der Waals surface area contributed by atoms with Crippen molar-refractivity contribution in [3.8, 4) is 0 Å². The van der Waals surface area contributed by atoms with Gasteiger partial charge in [-0.15, -0.1) is 23.5 Å². The van der Waals surface area contributed by atoms with Crippen molar-refractivity contribution in [3.05, 3.63) is 34.8 Å². The molecule has 136 valence electrons. The van der Waals surface area contributed by atoms with Gasteiger partial charge in [-0.3, -0.25) is 9.69 Å². The largest absolute Gasteiger partial charge is 0.477 e. The van der Waals surface area contributed by atoms with Gasteiger partial charge in [0.2, 0.25) is 5.91 Å². The molecule has 0 aliphatic carbocycles. The highest BCUT2D eigenvalue weighted by Gasteiger charge is 2.51. The van der Waals surface area contributed by atoms with Crippen molar-refractivity contribution in [2.45, 2.75) is 30.3 Å². The minimum absolute atomic E-state index is 0.0756. The monoisotopic (exact) mass is 391 g/mol. The van der Waals surface area contributed by atoms with E-state index in [2.05, 4.69) is 10.1 Å². The third-order valence-electron chi connectivity index (χ3n) is 4.33. The minimum atomic E-state index is -1.09. The topological polar surface area (TPSA) is 114 Å². The second-order valence-corrected chi connectivity index (χ2v) is 8.37. The van der Waals surface area contributed by atoms with Crippen LogP contribution < -0.4 is 5.73 Å². The van der Waals surface area contributed by atoms with Crippen LogP contribution in [0.2, 0.25) is 0 Å². The zero-order valence-corrected chi connectivity index (χ0v) is 15.8. The predicted octanol–water partition coefficient (Wildman–Crippen LogP) is 1.02. The molecule has 4 heterocycles. The van der Waals surface area contributed by atoms with Gasteiger partial charge < -0.3 is 10.8 Å². The van der Waals surface area contributed by atoms with E-state index in [0.29, 0.717) is 11.5 Å². The smallest absolute Gasteiger partial charge is 0.352 e. The lowest BCUT2D eigenvalue weighted by Gasteiger charge is -2.48. The fourth-order valence-corrected chi connectivity index (χ4v) is 5.63. The predicted molar refractivity (Wildman–Crippen MR) is 98.9 cm³/mol. The summed E-state index contributed by atoms with van der Waals surface area (Å²) in [5, 5.41) is 14.7. The molecule has 0 saturated carbocycles. The number of carboxylic acids is 1. The molecule has 2 aliphatic heterocycles. The number of fused-ring (bicyclic) bond motifs is 2. The van der Waals surface area contributed by atoms with E-state index in [4.69, 9.17) is 5.73 Å². The number of hydrogen-bond acceptors (Lipinski definition) is 7. The molecule has 4 rings (SSSR count). The number of aryl methyl sites for hydroxylation is 2. The molecule has 3 N–H and O–H groups in total. The van der Waals surface area contributed by atoms with Crippen LogP contribution in [0.3, 0.4) is 0 Å². The third-order valence-corrected chi connectivity index (χ3v) is 6.77. The first-order chi connectivity index (χ1) is 12.4. The van der Waals surface area contributed by atoms with Gasteiger partial charge in [0.05, 0.1) is 5.69 Å². The van der Waals surface area contributed by atoms with Crippen LogP contribution in [-0.2, 0) is 9.59 Å². The number of nitrogens with two attached hydrogens (primary N) is 1. The summed E-state index contributed by atoms with van der Waals surface area (Å²) in [6.45, 7) is 3.82. The molecule has 1 saturated heterocycles. The summed E-state index contributed by atoms with van der Waals surface area (Å²) < 4.78 is 1.76. The van der Waals surface area contributed by atoms with Crippen molar-refractivity contribution in [2.24, 2.45) is 5.73 Å². The van der Waals surface area contributed by atoms with Crippen molar-refractivity contribution >= 4 is 41.0 Å². The number of carboxylic acid groups (broad SMARTS) is 1. The Bertz CT molecular complexity index is 970. The first-order valence-electron chi connectivity index (χ1n) is 7.99. The van der Waals surface area contributed by atoms with Gasteiger partial charge in [0, 0.05) is 23.3 Å². The van der Waals surface area contributed by atoms with Gasteiger partial charge in [0.1, 0.15) is 22.1 Å². The minimum Gasteiger partial charge on any atom is -0.477 e. The van der Waals surface area contributed by atoms with Gasteiger partial charge in [-0.2, -0.15) is 5.10 Å². The summed E-state index contributed by atoms with van der Waals surface area (Å²) in [5.74, 6) is -0.413. The van der Waals surface area contributed by atoms with Crippen molar-refractivity contribution in [2.75, 3.05) is 11.5 Å². The van der Waals surface area contributed by atoms with E-state index in [1.54, 1.807) is 4.52 Å². The first kappa shape index (κ1) is 17.4. The lowest BCUT2D eigenvalue weighted by molar-refractivity contribution is -0.147. The Labute approximate surface area is 157 Å². The van der Waals surface area contributed by atoms with E-state index in [9.17, 15) is 14.7 Å². The molecule has 26 heavy (non-hydrogen) atoms. The summed E-state index contributed by atoms with van der Waals surface area (Å²) in [5.41, 5.74) is 9.07. The summed E-state index contributed by atoms with van der Waals surface area (Å²) in [4.78, 5) is 29.5. The number of carbonyl (C=O) groups is 2. The molecular formula is C16H17N5O3S2. The van der Waals surface area contributed by atoms with E-state index in [0.717, 1.165) is 27.6 Å². The number of aromatic nitrogens is 3. The number of β-lactam (4-membered cyclic amide) rings is 1. The Kier molecular flexibility index (Phi) is 4.20. The maximum absolute atomic E-state index is 12.0. The van der Waals surface area contributed by atoms with E-state index < -0.39 is 12.0 Å². The summed E-state index contributed by atoms with van der Waals surface area (Å²) >= 11 is 3.00. The number of hydrogen-bond donors (Lipinski definition) is 2. The molecule has 2 atom stereocenters. The zero-order chi connectivity index (χ0) is 18.6. The lowest BCUT2D eigenvalue weighted by Crippen LogP contribution is -2.68. The number of carbonyl (C=O) groups excluding carboxylic acids is 1. The summed E-state index contributed by atoms with van der Waals surface area (Å²) in [7, 11) is 0. The Morgan fingerprint density at radius 1 is 1.42 bits per heavy atom. The van der Waals surface area contributed by atoms with Crippen LogP contribution in [0.1, 0.15) is 11.4 Å². The Morgan fingerprint density at radius 2 is 2.19 bits per heavy atom. The third kappa shape index (κ3) is 2.68. The van der Waals surface area contributed by atoms with Crippen LogP contribution in [0.25, 0.3) is 5.65 Å².